The first-order chi connectivity index (χ1) is 5.17. The van der Waals surface area contributed by atoms with Crippen molar-refractivity contribution in [1.82, 2.24) is 0 Å². The Morgan fingerprint density at radius 2 is 2.27 bits per heavy atom. The number of hydrogen-bond acceptors (Lipinski definition) is 0. The van der Waals surface area contributed by atoms with Gasteiger partial charge in [-0.3, -0.25) is 0 Å². The van der Waals surface area contributed by atoms with E-state index in [0.717, 1.165) is 0 Å². The standard InChI is InChI=1S/C10H17B/c1-3-10(2,11)9-7-5-4-6-8-9/h5,7-8H,3-4,6,11H2,1-2H3. The molecule has 0 aliphatic heterocycles. The highest BCUT2D eigenvalue weighted by Crippen LogP contribution is 2.37. The van der Waals surface area contributed by atoms with E-state index in [1.54, 1.807) is 0 Å². The van der Waals surface area contributed by atoms with Crippen LogP contribution in [0.2, 0.25) is 5.31 Å². The summed E-state index contributed by atoms with van der Waals surface area (Å²) in [6.07, 6.45) is 10.6. The van der Waals surface area contributed by atoms with E-state index in [1.807, 2.05) is 0 Å². The molecule has 0 heterocycles. The molecule has 11 heavy (non-hydrogen) atoms. The smallest absolute Gasteiger partial charge is 0.0840 e. The summed E-state index contributed by atoms with van der Waals surface area (Å²) < 4.78 is 0. The molecule has 1 aliphatic carbocycles. The monoisotopic (exact) mass is 148 g/mol. The molecular formula is C10H17B. The summed E-state index contributed by atoms with van der Waals surface area (Å²) >= 11 is 0. The summed E-state index contributed by atoms with van der Waals surface area (Å²) in [7, 11) is 2.31. The van der Waals surface area contributed by atoms with Crippen LogP contribution in [0.25, 0.3) is 0 Å². The van der Waals surface area contributed by atoms with Gasteiger partial charge in [0.05, 0.1) is 0 Å². The van der Waals surface area contributed by atoms with E-state index in [-0.39, 0.29) is 0 Å². The zero-order chi connectivity index (χ0) is 8.32. The first-order valence-electron chi connectivity index (χ1n) is 4.54. The molecule has 0 nitrogen and oxygen atoms in total. The predicted octanol–water partition coefficient (Wildman–Crippen LogP) is 2.48. The lowest BCUT2D eigenvalue weighted by atomic mass is 9.63. The van der Waals surface area contributed by atoms with Crippen molar-refractivity contribution in [3.63, 3.8) is 0 Å². The molecule has 1 atom stereocenters. The molecule has 0 aromatic carbocycles. The molecule has 1 heteroatoms. The van der Waals surface area contributed by atoms with E-state index >= 15 is 0 Å². The average molecular weight is 148 g/mol. The van der Waals surface area contributed by atoms with Crippen LogP contribution in [0.1, 0.15) is 33.1 Å². The lowest BCUT2D eigenvalue weighted by Gasteiger charge is -2.26. The summed E-state index contributed by atoms with van der Waals surface area (Å²) in [4.78, 5) is 0. The van der Waals surface area contributed by atoms with Crippen molar-refractivity contribution in [3.8, 4) is 0 Å². The molecule has 0 spiro atoms. The van der Waals surface area contributed by atoms with Gasteiger partial charge < -0.3 is 0 Å². The molecule has 0 aromatic heterocycles. The van der Waals surface area contributed by atoms with Crippen molar-refractivity contribution in [3.05, 3.63) is 23.8 Å². The van der Waals surface area contributed by atoms with Crippen molar-refractivity contribution in [1.29, 1.82) is 0 Å². The van der Waals surface area contributed by atoms with Crippen molar-refractivity contribution < 1.29 is 0 Å². The van der Waals surface area contributed by atoms with Gasteiger partial charge in [0.15, 0.2) is 0 Å². The molecular weight excluding hydrogens is 131 g/mol. The van der Waals surface area contributed by atoms with Gasteiger partial charge in [-0.2, -0.15) is 0 Å². The average Bonchev–Trinajstić information content (AvgIpc) is 2.06. The summed E-state index contributed by atoms with van der Waals surface area (Å²) in [5.74, 6) is 0. The molecule has 1 unspecified atom stereocenters. The highest BCUT2D eigenvalue weighted by atomic mass is 14.2. The van der Waals surface area contributed by atoms with E-state index in [0.29, 0.717) is 5.31 Å². The van der Waals surface area contributed by atoms with E-state index in [2.05, 4.69) is 39.9 Å². The maximum absolute atomic E-state index is 2.38. The van der Waals surface area contributed by atoms with E-state index in [4.69, 9.17) is 0 Å². The fourth-order valence-electron chi connectivity index (χ4n) is 1.32. The summed E-state index contributed by atoms with van der Waals surface area (Å²) in [6.45, 7) is 4.57. The van der Waals surface area contributed by atoms with Gasteiger partial charge >= 0.3 is 0 Å². The van der Waals surface area contributed by atoms with Crippen LogP contribution in [0.4, 0.5) is 0 Å². The topological polar surface area (TPSA) is 0 Å². The van der Waals surface area contributed by atoms with E-state index in [1.165, 1.54) is 24.8 Å². The SMILES string of the molecule is BC(C)(CC)C1=CCCC=C1. The van der Waals surface area contributed by atoms with Crippen LogP contribution in [-0.4, -0.2) is 7.85 Å². The Hall–Kier alpha value is -0.455. The van der Waals surface area contributed by atoms with Crippen LogP contribution < -0.4 is 0 Å². The van der Waals surface area contributed by atoms with Crippen LogP contribution in [0, 0.1) is 0 Å². The second kappa shape index (κ2) is 3.29. The molecule has 0 N–H and O–H groups in total. The molecule has 1 aliphatic rings. The second-order valence-electron chi connectivity index (χ2n) is 3.88. The minimum atomic E-state index is 0.386. The first-order valence-corrected chi connectivity index (χ1v) is 4.54. The second-order valence-corrected chi connectivity index (χ2v) is 3.88. The third-order valence-corrected chi connectivity index (χ3v) is 2.66. The molecule has 0 bridgehead atoms. The maximum atomic E-state index is 2.38. The van der Waals surface area contributed by atoms with Crippen LogP contribution >= 0.6 is 0 Å². The Bertz CT molecular complexity index is 187. The Balaban J connectivity index is 2.73. The Labute approximate surface area is 70.8 Å². The summed E-state index contributed by atoms with van der Waals surface area (Å²) in [5.41, 5.74) is 1.52. The fraction of sp³-hybridized carbons (Fsp3) is 0.600. The summed E-state index contributed by atoms with van der Waals surface area (Å²) in [6, 6.07) is 0. The van der Waals surface area contributed by atoms with Gasteiger partial charge in [0.2, 0.25) is 0 Å². The Morgan fingerprint density at radius 1 is 1.55 bits per heavy atom. The van der Waals surface area contributed by atoms with Crippen molar-refractivity contribution in [2.75, 3.05) is 0 Å². The van der Waals surface area contributed by atoms with E-state index < -0.39 is 0 Å². The van der Waals surface area contributed by atoms with Gasteiger partial charge in [-0.15, -0.1) is 0 Å². The maximum Gasteiger partial charge on any atom is 0.114 e. The lowest BCUT2D eigenvalue weighted by molar-refractivity contribution is 0.688. The van der Waals surface area contributed by atoms with Crippen LogP contribution in [0.15, 0.2) is 23.8 Å². The lowest BCUT2D eigenvalue weighted by Crippen LogP contribution is -2.09. The minimum absolute atomic E-state index is 0.386. The van der Waals surface area contributed by atoms with Gasteiger partial charge in [0.25, 0.3) is 0 Å². The fourth-order valence-corrected chi connectivity index (χ4v) is 1.32. The molecule has 1 rings (SSSR count). The van der Waals surface area contributed by atoms with Gasteiger partial charge in [-0.05, 0) is 18.2 Å². The first kappa shape index (κ1) is 8.64. The van der Waals surface area contributed by atoms with E-state index in [9.17, 15) is 0 Å². The normalized spacial score (nSPS) is 22.5. The zero-order valence-electron chi connectivity index (χ0n) is 7.85. The molecule has 60 valence electrons. The predicted molar refractivity (Wildman–Crippen MR) is 53.7 cm³/mol. The third kappa shape index (κ3) is 1.98. The van der Waals surface area contributed by atoms with Gasteiger partial charge in [-0.1, -0.05) is 44.1 Å². The van der Waals surface area contributed by atoms with Crippen LogP contribution in [0.5, 0.6) is 0 Å². The highest BCUT2D eigenvalue weighted by molar-refractivity contribution is 6.17. The molecule has 0 saturated carbocycles. The largest absolute Gasteiger partial charge is 0.114 e. The Morgan fingerprint density at radius 3 is 2.73 bits per heavy atom. The third-order valence-electron chi connectivity index (χ3n) is 2.66. The molecule has 0 saturated heterocycles. The van der Waals surface area contributed by atoms with Gasteiger partial charge in [-0.25, -0.2) is 0 Å². The molecule has 0 aromatic rings. The van der Waals surface area contributed by atoms with Crippen molar-refractivity contribution in [2.45, 2.75) is 38.4 Å². The van der Waals surface area contributed by atoms with Gasteiger partial charge in [0.1, 0.15) is 7.85 Å². The number of allylic oxidation sites excluding steroid dienone is 4. The zero-order valence-corrected chi connectivity index (χ0v) is 7.85. The minimum Gasteiger partial charge on any atom is -0.0840 e. The molecule has 0 amide bonds. The highest BCUT2D eigenvalue weighted by Gasteiger charge is 2.19. The Kier molecular flexibility index (Phi) is 2.59. The summed E-state index contributed by atoms with van der Waals surface area (Å²) in [5, 5.41) is 0.386. The molecule has 0 fully saturated rings. The quantitative estimate of drug-likeness (QED) is 0.527. The number of hydrogen-bond donors (Lipinski definition) is 0. The molecule has 0 radical (unpaired) electrons. The van der Waals surface area contributed by atoms with Crippen molar-refractivity contribution >= 4 is 7.85 Å². The number of rotatable bonds is 2. The van der Waals surface area contributed by atoms with Crippen molar-refractivity contribution in [2.24, 2.45) is 0 Å². The van der Waals surface area contributed by atoms with Crippen LogP contribution in [0.3, 0.4) is 0 Å². The van der Waals surface area contributed by atoms with Gasteiger partial charge in [0, 0.05) is 0 Å². The van der Waals surface area contributed by atoms with Crippen LogP contribution in [-0.2, 0) is 0 Å².